The lowest BCUT2D eigenvalue weighted by atomic mass is 9.68. The van der Waals surface area contributed by atoms with E-state index < -0.39 is 0 Å². The molecule has 2 aliphatic rings. The zero-order valence-corrected chi connectivity index (χ0v) is 11.7. The SMILES string of the molecule is C=C1C(C)(C)[C@@H]2CC[C@]1(C(=O)NCc1ccco1)C2. The van der Waals surface area contributed by atoms with E-state index in [2.05, 4.69) is 25.7 Å². The minimum absolute atomic E-state index is 0.0975. The van der Waals surface area contributed by atoms with E-state index in [4.69, 9.17) is 4.42 Å². The van der Waals surface area contributed by atoms with Crippen molar-refractivity contribution >= 4 is 5.91 Å². The molecule has 0 aliphatic heterocycles. The molecule has 0 radical (unpaired) electrons. The number of hydrogen-bond donors (Lipinski definition) is 1. The number of nitrogens with one attached hydrogen (secondary N) is 1. The molecule has 2 aliphatic carbocycles. The number of carbonyl (C=O) groups is 1. The van der Waals surface area contributed by atoms with Crippen LogP contribution in [0, 0.1) is 16.7 Å². The Balaban J connectivity index is 1.75. The van der Waals surface area contributed by atoms with Crippen molar-refractivity contribution in [2.75, 3.05) is 0 Å². The Labute approximate surface area is 114 Å². The van der Waals surface area contributed by atoms with Gasteiger partial charge in [0.1, 0.15) is 5.76 Å². The average molecular weight is 259 g/mol. The molecular weight excluding hydrogens is 238 g/mol. The molecule has 1 aromatic rings. The second-order valence-corrected chi connectivity index (χ2v) is 6.48. The monoisotopic (exact) mass is 259 g/mol. The summed E-state index contributed by atoms with van der Waals surface area (Å²) in [5.74, 6) is 1.53. The Bertz CT molecular complexity index is 515. The highest BCUT2D eigenvalue weighted by Crippen LogP contribution is 2.65. The fourth-order valence-corrected chi connectivity index (χ4v) is 3.89. The van der Waals surface area contributed by atoms with E-state index in [1.54, 1.807) is 6.26 Å². The highest BCUT2D eigenvalue weighted by Gasteiger charge is 2.60. The van der Waals surface area contributed by atoms with Crippen LogP contribution in [0.3, 0.4) is 0 Å². The number of fused-ring (bicyclic) bond motifs is 2. The van der Waals surface area contributed by atoms with Crippen molar-refractivity contribution < 1.29 is 9.21 Å². The van der Waals surface area contributed by atoms with Gasteiger partial charge in [-0.05, 0) is 42.7 Å². The minimum atomic E-state index is -0.333. The van der Waals surface area contributed by atoms with Gasteiger partial charge in [-0.15, -0.1) is 0 Å². The first-order valence-electron chi connectivity index (χ1n) is 6.97. The predicted octanol–water partition coefficient (Wildman–Crippen LogP) is 3.28. The number of rotatable bonds is 3. The van der Waals surface area contributed by atoms with Crippen molar-refractivity contribution in [3.8, 4) is 0 Å². The molecule has 0 spiro atoms. The van der Waals surface area contributed by atoms with Gasteiger partial charge >= 0.3 is 0 Å². The fourth-order valence-electron chi connectivity index (χ4n) is 3.89. The molecule has 3 nitrogen and oxygen atoms in total. The van der Waals surface area contributed by atoms with Crippen LogP contribution in [0.15, 0.2) is 35.0 Å². The lowest BCUT2D eigenvalue weighted by molar-refractivity contribution is -0.129. The third-order valence-electron chi connectivity index (χ3n) is 5.33. The molecule has 1 amide bonds. The third-order valence-corrected chi connectivity index (χ3v) is 5.33. The van der Waals surface area contributed by atoms with Crippen molar-refractivity contribution in [1.29, 1.82) is 0 Å². The van der Waals surface area contributed by atoms with Crippen molar-refractivity contribution in [3.05, 3.63) is 36.3 Å². The van der Waals surface area contributed by atoms with E-state index >= 15 is 0 Å². The predicted molar refractivity (Wildman–Crippen MR) is 73.2 cm³/mol. The molecule has 0 saturated heterocycles. The Morgan fingerprint density at radius 3 is 2.95 bits per heavy atom. The first kappa shape index (κ1) is 12.5. The van der Waals surface area contributed by atoms with Crippen LogP contribution in [0.4, 0.5) is 0 Å². The van der Waals surface area contributed by atoms with E-state index in [9.17, 15) is 4.79 Å². The summed E-state index contributed by atoms with van der Waals surface area (Å²) in [6, 6.07) is 3.71. The van der Waals surface area contributed by atoms with E-state index in [0.717, 1.165) is 30.6 Å². The quantitative estimate of drug-likeness (QED) is 0.846. The summed E-state index contributed by atoms with van der Waals surface area (Å²) < 4.78 is 5.25. The fraction of sp³-hybridized carbons (Fsp3) is 0.562. The largest absolute Gasteiger partial charge is 0.467 e. The number of carbonyl (C=O) groups excluding carboxylic acids is 1. The molecule has 0 aromatic carbocycles. The summed E-state index contributed by atoms with van der Waals surface area (Å²) in [4.78, 5) is 12.6. The standard InChI is InChI=1S/C16H21NO2/c1-11-15(2,3)12-6-7-16(11,9-12)14(18)17-10-13-5-4-8-19-13/h4-5,8,12H,1,6-7,9-10H2,2-3H3,(H,17,18)/t12-,16+/m1/s1. The molecule has 3 rings (SSSR count). The molecule has 19 heavy (non-hydrogen) atoms. The summed E-state index contributed by atoms with van der Waals surface area (Å²) in [5, 5.41) is 3.02. The Hall–Kier alpha value is -1.51. The van der Waals surface area contributed by atoms with E-state index in [-0.39, 0.29) is 16.7 Å². The molecule has 102 valence electrons. The van der Waals surface area contributed by atoms with Crippen molar-refractivity contribution in [3.63, 3.8) is 0 Å². The first-order chi connectivity index (χ1) is 8.97. The van der Waals surface area contributed by atoms with Crippen LogP contribution in [0.2, 0.25) is 0 Å². The molecule has 2 bridgehead atoms. The summed E-state index contributed by atoms with van der Waals surface area (Å²) in [7, 11) is 0. The minimum Gasteiger partial charge on any atom is -0.467 e. The molecular formula is C16H21NO2. The van der Waals surface area contributed by atoms with Gasteiger partial charge in [-0.2, -0.15) is 0 Å². The summed E-state index contributed by atoms with van der Waals surface area (Å²) >= 11 is 0. The van der Waals surface area contributed by atoms with Crippen LogP contribution in [0.25, 0.3) is 0 Å². The van der Waals surface area contributed by atoms with Gasteiger partial charge in [-0.1, -0.05) is 26.0 Å². The van der Waals surface area contributed by atoms with Crippen LogP contribution in [0.5, 0.6) is 0 Å². The lowest BCUT2D eigenvalue weighted by Gasteiger charge is -2.37. The second kappa shape index (κ2) is 3.99. The topological polar surface area (TPSA) is 42.2 Å². The lowest BCUT2D eigenvalue weighted by Crippen LogP contribution is -2.41. The second-order valence-electron chi connectivity index (χ2n) is 6.48. The van der Waals surface area contributed by atoms with Gasteiger partial charge in [-0.3, -0.25) is 4.79 Å². The van der Waals surface area contributed by atoms with Crippen LogP contribution in [0.1, 0.15) is 38.9 Å². The summed E-state index contributed by atoms with van der Waals surface area (Å²) in [6.45, 7) is 9.15. The third kappa shape index (κ3) is 1.67. The Morgan fingerprint density at radius 2 is 2.37 bits per heavy atom. The van der Waals surface area contributed by atoms with Crippen LogP contribution in [-0.4, -0.2) is 5.91 Å². The molecule has 1 aromatic heterocycles. The van der Waals surface area contributed by atoms with Gasteiger partial charge in [0.25, 0.3) is 0 Å². The van der Waals surface area contributed by atoms with Gasteiger partial charge in [-0.25, -0.2) is 0 Å². The number of furan rings is 1. The van der Waals surface area contributed by atoms with Gasteiger partial charge in [0.15, 0.2) is 0 Å². The summed E-state index contributed by atoms with van der Waals surface area (Å²) in [6.07, 6.45) is 4.68. The van der Waals surface area contributed by atoms with Gasteiger partial charge in [0, 0.05) is 0 Å². The Kier molecular flexibility index (Phi) is 2.63. The highest BCUT2D eigenvalue weighted by atomic mass is 16.3. The van der Waals surface area contributed by atoms with Gasteiger partial charge in [0.05, 0.1) is 18.2 Å². The smallest absolute Gasteiger partial charge is 0.230 e. The maximum atomic E-state index is 12.6. The van der Waals surface area contributed by atoms with Crippen molar-refractivity contribution in [2.24, 2.45) is 16.7 Å². The zero-order valence-electron chi connectivity index (χ0n) is 11.7. The van der Waals surface area contributed by atoms with Crippen LogP contribution >= 0.6 is 0 Å². The first-order valence-corrected chi connectivity index (χ1v) is 6.97. The maximum absolute atomic E-state index is 12.6. The average Bonchev–Trinajstić information content (AvgIpc) is 3.07. The zero-order chi connectivity index (χ0) is 13.7. The Morgan fingerprint density at radius 1 is 1.58 bits per heavy atom. The normalized spacial score (nSPS) is 31.7. The van der Waals surface area contributed by atoms with Crippen molar-refractivity contribution in [1.82, 2.24) is 5.32 Å². The van der Waals surface area contributed by atoms with Gasteiger partial charge in [0.2, 0.25) is 5.91 Å². The van der Waals surface area contributed by atoms with Gasteiger partial charge < -0.3 is 9.73 Å². The number of hydrogen-bond acceptors (Lipinski definition) is 2. The molecule has 0 unspecified atom stereocenters. The van der Waals surface area contributed by atoms with E-state index in [1.807, 2.05) is 12.1 Å². The molecule has 2 fully saturated rings. The highest BCUT2D eigenvalue weighted by molar-refractivity contribution is 5.87. The summed E-state index contributed by atoms with van der Waals surface area (Å²) in [5.41, 5.74) is 0.884. The molecule has 2 saturated carbocycles. The molecule has 3 heteroatoms. The number of amides is 1. The molecule has 2 atom stereocenters. The molecule has 1 N–H and O–H groups in total. The maximum Gasteiger partial charge on any atom is 0.230 e. The van der Waals surface area contributed by atoms with Crippen LogP contribution < -0.4 is 5.32 Å². The van der Waals surface area contributed by atoms with E-state index in [0.29, 0.717) is 12.5 Å². The van der Waals surface area contributed by atoms with Crippen LogP contribution in [-0.2, 0) is 11.3 Å². The van der Waals surface area contributed by atoms with E-state index in [1.165, 1.54) is 0 Å². The molecule has 1 heterocycles. The van der Waals surface area contributed by atoms with Crippen molar-refractivity contribution in [2.45, 2.75) is 39.7 Å².